The number of pyridine rings is 1. The van der Waals surface area contributed by atoms with Crippen molar-refractivity contribution in [3.8, 4) is 17.2 Å². The van der Waals surface area contributed by atoms with Crippen molar-refractivity contribution in [1.82, 2.24) is 4.57 Å². The summed E-state index contributed by atoms with van der Waals surface area (Å²) in [6.45, 7) is 0. The molecule has 0 radical (unpaired) electrons. The summed E-state index contributed by atoms with van der Waals surface area (Å²) in [5.41, 5.74) is 0.559. The van der Waals surface area contributed by atoms with E-state index in [4.69, 9.17) is 25.8 Å². The molecule has 0 spiro atoms. The van der Waals surface area contributed by atoms with Crippen LogP contribution < -0.4 is 25.1 Å². The van der Waals surface area contributed by atoms with Gasteiger partial charge in [-0.25, -0.2) is 0 Å². The Kier molecular flexibility index (Phi) is 5.46. The number of nitrogens with one attached hydrogen (secondary N) is 1. The predicted octanol–water partition coefficient (Wildman–Crippen LogP) is 3.47. The number of anilines is 1. The average molecular weight is 403 g/mol. The maximum Gasteiger partial charge on any atom is 0.258 e. The Bertz CT molecular complexity index is 1120. The highest BCUT2D eigenvalue weighted by Gasteiger charge is 2.18. The lowest BCUT2D eigenvalue weighted by molar-refractivity contribution is 0.102. The molecular weight excluding hydrogens is 384 g/mol. The van der Waals surface area contributed by atoms with Gasteiger partial charge in [-0.1, -0.05) is 11.6 Å². The van der Waals surface area contributed by atoms with E-state index in [9.17, 15) is 9.59 Å². The molecule has 0 aliphatic carbocycles. The van der Waals surface area contributed by atoms with Crippen molar-refractivity contribution >= 4 is 34.0 Å². The molecule has 1 amide bonds. The number of methoxy groups -OCH3 is 3. The average Bonchev–Trinajstić information content (AvgIpc) is 2.69. The van der Waals surface area contributed by atoms with Crippen molar-refractivity contribution in [2.75, 3.05) is 26.6 Å². The monoisotopic (exact) mass is 402 g/mol. The van der Waals surface area contributed by atoms with Crippen LogP contribution in [0.3, 0.4) is 0 Å². The molecule has 0 aliphatic rings. The van der Waals surface area contributed by atoms with Crippen molar-refractivity contribution in [3.63, 3.8) is 0 Å². The number of fused-ring (bicyclic) bond motifs is 1. The van der Waals surface area contributed by atoms with Crippen LogP contribution in [0.2, 0.25) is 5.02 Å². The second-order valence-electron chi connectivity index (χ2n) is 6.02. The highest BCUT2D eigenvalue weighted by molar-refractivity contribution is 6.32. The summed E-state index contributed by atoms with van der Waals surface area (Å²) in [5.74, 6) is 0.939. The zero-order chi connectivity index (χ0) is 20.4. The molecule has 7 nitrogen and oxygen atoms in total. The summed E-state index contributed by atoms with van der Waals surface area (Å²) >= 11 is 6.12. The van der Waals surface area contributed by atoms with E-state index in [0.29, 0.717) is 44.3 Å². The molecular formula is C20H19ClN2O5. The van der Waals surface area contributed by atoms with Gasteiger partial charge in [0.25, 0.3) is 11.5 Å². The van der Waals surface area contributed by atoms with Gasteiger partial charge in [-0.3, -0.25) is 9.59 Å². The first kappa shape index (κ1) is 19.6. The van der Waals surface area contributed by atoms with Gasteiger partial charge >= 0.3 is 0 Å². The normalized spacial score (nSPS) is 10.6. The van der Waals surface area contributed by atoms with E-state index < -0.39 is 5.91 Å². The SMILES string of the molecule is COc1ccc(NC(=O)c2cn(C)c(=O)c3cc(OC)c(OC)cc23)cc1Cl. The molecule has 8 heteroatoms. The number of aromatic nitrogens is 1. The van der Waals surface area contributed by atoms with Gasteiger partial charge in [0.15, 0.2) is 11.5 Å². The zero-order valence-corrected chi connectivity index (χ0v) is 16.6. The van der Waals surface area contributed by atoms with E-state index in [1.54, 1.807) is 37.4 Å². The molecule has 2 aromatic carbocycles. The van der Waals surface area contributed by atoms with Crippen molar-refractivity contribution < 1.29 is 19.0 Å². The fourth-order valence-electron chi connectivity index (χ4n) is 2.91. The summed E-state index contributed by atoms with van der Waals surface area (Å²) in [6.07, 6.45) is 1.48. The first-order chi connectivity index (χ1) is 13.4. The fraction of sp³-hybridized carbons (Fsp3) is 0.200. The quantitative estimate of drug-likeness (QED) is 0.707. The van der Waals surface area contributed by atoms with Crippen molar-refractivity contribution in [2.45, 2.75) is 0 Å². The van der Waals surface area contributed by atoms with Crippen LogP contribution in [0.15, 0.2) is 41.3 Å². The Morgan fingerprint density at radius 1 is 0.964 bits per heavy atom. The van der Waals surface area contributed by atoms with E-state index in [1.165, 1.54) is 32.1 Å². The zero-order valence-electron chi connectivity index (χ0n) is 15.8. The maximum atomic E-state index is 12.9. The molecule has 0 bridgehead atoms. The predicted molar refractivity (Wildman–Crippen MR) is 108 cm³/mol. The molecule has 0 saturated carbocycles. The molecule has 0 fully saturated rings. The minimum atomic E-state index is -0.394. The van der Waals surface area contributed by atoms with Gasteiger partial charge in [-0.2, -0.15) is 0 Å². The highest BCUT2D eigenvalue weighted by Crippen LogP contribution is 2.33. The Balaban J connectivity index is 2.11. The van der Waals surface area contributed by atoms with Crippen LogP contribution in [0.5, 0.6) is 17.2 Å². The van der Waals surface area contributed by atoms with Gasteiger partial charge < -0.3 is 24.1 Å². The van der Waals surface area contributed by atoms with Gasteiger partial charge in [0.05, 0.1) is 37.3 Å². The number of aryl methyl sites for hydroxylation is 1. The molecule has 3 aromatic rings. The number of benzene rings is 2. The Hall–Kier alpha value is -3.19. The number of halogens is 1. The Labute approximate surface area is 166 Å². The molecule has 1 aromatic heterocycles. The van der Waals surface area contributed by atoms with E-state index in [1.807, 2.05) is 0 Å². The van der Waals surface area contributed by atoms with Crippen LogP contribution in [-0.4, -0.2) is 31.8 Å². The molecule has 1 N–H and O–H groups in total. The number of ether oxygens (including phenoxy) is 3. The smallest absolute Gasteiger partial charge is 0.258 e. The molecule has 1 heterocycles. The minimum absolute atomic E-state index is 0.250. The fourth-order valence-corrected chi connectivity index (χ4v) is 3.17. The number of hydrogen-bond donors (Lipinski definition) is 1. The molecule has 3 rings (SSSR count). The number of carbonyl (C=O) groups excluding carboxylic acids is 1. The highest BCUT2D eigenvalue weighted by atomic mass is 35.5. The van der Waals surface area contributed by atoms with E-state index in [-0.39, 0.29) is 5.56 Å². The van der Waals surface area contributed by atoms with Crippen LogP contribution in [-0.2, 0) is 7.05 Å². The third-order valence-corrected chi connectivity index (χ3v) is 4.64. The third kappa shape index (κ3) is 3.48. The minimum Gasteiger partial charge on any atom is -0.495 e. The summed E-state index contributed by atoms with van der Waals surface area (Å²) < 4.78 is 17.0. The molecule has 0 unspecified atom stereocenters. The third-order valence-electron chi connectivity index (χ3n) is 4.34. The van der Waals surface area contributed by atoms with Gasteiger partial charge in [0, 0.05) is 24.3 Å². The molecule has 0 atom stereocenters. The number of carbonyl (C=O) groups is 1. The first-order valence-electron chi connectivity index (χ1n) is 8.29. The summed E-state index contributed by atoms with van der Waals surface area (Å²) in [5, 5.41) is 3.97. The van der Waals surface area contributed by atoms with Gasteiger partial charge in [0.2, 0.25) is 0 Å². The molecule has 0 saturated heterocycles. The standard InChI is InChI=1S/C20H19ClN2O5/c1-23-10-14(19(24)22-11-5-6-16(26-2)15(21)7-11)12-8-17(27-3)18(28-4)9-13(12)20(23)25/h5-10H,1-4H3,(H,22,24). The van der Waals surface area contributed by atoms with Crippen LogP contribution in [0.1, 0.15) is 10.4 Å². The van der Waals surface area contributed by atoms with Crippen molar-refractivity contribution in [3.05, 3.63) is 57.5 Å². The van der Waals surface area contributed by atoms with E-state index in [0.717, 1.165) is 0 Å². The Morgan fingerprint density at radius 2 is 1.57 bits per heavy atom. The number of amides is 1. The summed E-state index contributed by atoms with van der Waals surface area (Å²) in [6, 6.07) is 8.11. The lowest BCUT2D eigenvalue weighted by Gasteiger charge is -2.14. The van der Waals surface area contributed by atoms with Crippen LogP contribution >= 0.6 is 11.6 Å². The second-order valence-corrected chi connectivity index (χ2v) is 6.42. The molecule has 0 aliphatic heterocycles. The van der Waals surface area contributed by atoms with E-state index >= 15 is 0 Å². The molecule has 146 valence electrons. The van der Waals surface area contributed by atoms with Crippen LogP contribution in [0, 0.1) is 0 Å². The largest absolute Gasteiger partial charge is 0.495 e. The van der Waals surface area contributed by atoms with Gasteiger partial charge in [-0.05, 0) is 30.3 Å². The topological polar surface area (TPSA) is 78.8 Å². The van der Waals surface area contributed by atoms with E-state index in [2.05, 4.69) is 5.32 Å². The van der Waals surface area contributed by atoms with Crippen molar-refractivity contribution in [2.24, 2.45) is 7.05 Å². The van der Waals surface area contributed by atoms with Gasteiger partial charge in [-0.15, -0.1) is 0 Å². The summed E-state index contributed by atoms with van der Waals surface area (Å²) in [7, 11) is 6.07. The lowest BCUT2D eigenvalue weighted by atomic mass is 10.1. The second kappa shape index (κ2) is 7.82. The van der Waals surface area contributed by atoms with Crippen LogP contribution in [0.25, 0.3) is 10.8 Å². The Morgan fingerprint density at radius 3 is 2.14 bits per heavy atom. The number of rotatable bonds is 5. The molecule has 28 heavy (non-hydrogen) atoms. The number of hydrogen-bond acceptors (Lipinski definition) is 5. The van der Waals surface area contributed by atoms with Crippen molar-refractivity contribution in [1.29, 1.82) is 0 Å². The maximum absolute atomic E-state index is 12.9. The number of nitrogens with zero attached hydrogens (tertiary/aromatic N) is 1. The summed E-state index contributed by atoms with van der Waals surface area (Å²) in [4.78, 5) is 25.5. The first-order valence-corrected chi connectivity index (χ1v) is 8.67. The lowest BCUT2D eigenvalue weighted by Crippen LogP contribution is -2.21. The van der Waals surface area contributed by atoms with Crippen LogP contribution in [0.4, 0.5) is 5.69 Å². The van der Waals surface area contributed by atoms with Gasteiger partial charge in [0.1, 0.15) is 5.75 Å².